The van der Waals surface area contributed by atoms with Crippen LogP contribution in [0.1, 0.15) is 19.4 Å². The maximum Gasteiger partial charge on any atom is 0.330 e. The first kappa shape index (κ1) is 20.3. The van der Waals surface area contributed by atoms with Gasteiger partial charge in [0.1, 0.15) is 0 Å². The van der Waals surface area contributed by atoms with Crippen LogP contribution in [0.3, 0.4) is 0 Å². The van der Waals surface area contributed by atoms with E-state index in [1.807, 2.05) is 60.3 Å². The molecule has 0 aliphatic rings. The lowest BCUT2D eigenvalue weighted by atomic mass is 9.97. The molecule has 0 saturated heterocycles. The molecule has 3 aromatic heterocycles. The Balaban J connectivity index is 2.06. The Kier molecular flexibility index (Phi) is 5.97. The third-order valence-corrected chi connectivity index (χ3v) is 5.91. The van der Waals surface area contributed by atoms with Gasteiger partial charge in [0.25, 0.3) is 0 Å². The van der Waals surface area contributed by atoms with Crippen LogP contribution in [-0.2, 0) is 16.1 Å². The molecule has 0 unspecified atom stereocenters. The molecule has 0 N–H and O–H groups in total. The smallest absolute Gasteiger partial charge is 0.330 e. The van der Waals surface area contributed by atoms with Gasteiger partial charge in [-0.1, -0.05) is 41.9 Å². The van der Waals surface area contributed by atoms with Crippen LogP contribution >= 0.6 is 22.9 Å². The summed E-state index contributed by atoms with van der Waals surface area (Å²) in [6.45, 7) is 4.84. The lowest BCUT2D eigenvalue weighted by Crippen LogP contribution is -2.02. The monoisotopic (exact) mass is 437 g/mol. The normalized spacial score (nSPS) is 11.4. The van der Waals surface area contributed by atoms with Crippen LogP contribution in [0, 0.1) is 0 Å². The van der Waals surface area contributed by atoms with E-state index in [4.69, 9.17) is 21.3 Å². The zero-order valence-electron chi connectivity index (χ0n) is 16.6. The number of benzene rings is 1. The van der Waals surface area contributed by atoms with Crippen LogP contribution in [-0.4, -0.2) is 27.3 Å². The van der Waals surface area contributed by atoms with Crippen molar-refractivity contribution in [1.82, 2.24) is 14.8 Å². The van der Waals surface area contributed by atoms with Crippen LogP contribution in [0.4, 0.5) is 0 Å². The number of hydrogen-bond donors (Lipinski definition) is 0. The molecule has 7 heteroatoms. The van der Waals surface area contributed by atoms with Gasteiger partial charge in [-0.15, -0.1) is 11.3 Å². The van der Waals surface area contributed by atoms with E-state index >= 15 is 0 Å². The van der Waals surface area contributed by atoms with E-state index in [0.717, 1.165) is 38.3 Å². The van der Waals surface area contributed by atoms with Crippen molar-refractivity contribution < 1.29 is 9.53 Å². The van der Waals surface area contributed by atoms with Crippen molar-refractivity contribution in [2.45, 2.75) is 20.4 Å². The molecule has 0 bridgehead atoms. The van der Waals surface area contributed by atoms with Crippen LogP contribution in [0.25, 0.3) is 38.8 Å². The number of carbonyl (C=O) groups is 1. The molecule has 4 rings (SSSR count). The molecule has 152 valence electrons. The number of pyridine rings is 1. The number of fused-ring (bicyclic) bond motifs is 1. The summed E-state index contributed by atoms with van der Waals surface area (Å²) in [6.07, 6.45) is 5.05. The SMILES string of the molecule is CCOC(=O)C=Cc1c(-c2ccccc2)nc2c(cnn2CC)c1-c1ccc(Cl)s1. The highest BCUT2D eigenvalue weighted by atomic mass is 35.5. The Labute approximate surface area is 183 Å². The zero-order chi connectivity index (χ0) is 21.1. The third kappa shape index (κ3) is 3.88. The third-order valence-electron chi connectivity index (χ3n) is 4.66. The fourth-order valence-electron chi connectivity index (χ4n) is 3.37. The van der Waals surface area contributed by atoms with Crippen LogP contribution in [0.5, 0.6) is 0 Å². The van der Waals surface area contributed by atoms with Gasteiger partial charge >= 0.3 is 5.97 Å². The summed E-state index contributed by atoms with van der Waals surface area (Å²) in [6, 6.07) is 13.8. The van der Waals surface area contributed by atoms with Crippen molar-refractivity contribution in [3.8, 4) is 21.7 Å². The van der Waals surface area contributed by atoms with Gasteiger partial charge in [-0.3, -0.25) is 0 Å². The maximum atomic E-state index is 12.1. The molecule has 0 spiro atoms. The summed E-state index contributed by atoms with van der Waals surface area (Å²) in [5.74, 6) is -0.393. The van der Waals surface area contributed by atoms with E-state index in [1.165, 1.54) is 17.4 Å². The van der Waals surface area contributed by atoms with E-state index in [0.29, 0.717) is 17.5 Å². The van der Waals surface area contributed by atoms with Crippen LogP contribution in [0.2, 0.25) is 4.34 Å². The Morgan fingerprint density at radius 1 is 1.20 bits per heavy atom. The number of aromatic nitrogens is 3. The number of ether oxygens (including phenoxy) is 1. The quantitative estimate of drug-likeness (QED) is 0.271. The number of hydrogen-bond acceptors (Lipinski definition) is 5. The minimum absolute atomic E-state index is 0.322. The zero-order valence-corrected chi connectivity index (χ0v) is 18.2. The number of nitrogens with zero attached hydrogens (tertiary/aromatic N) is 3. The molecular formula is C23H20ClN3O2S. The molecule has 0 aliphatic carbocycles. The molecule has 0 atom stereocenters. The minimum atomic E-state index is -0.393. The van der Waals surface area contributed by atoms with Gasteiger partial charge in [-0.2, -0.15) is 5.10 Å². The van der Waals surface area contributed by atoms with Crippen molar-refractivity contribution in [1.29, 1.82) is 0 Å². The highest BCUT2D eigenvalue weighted by molar-refractivity contribution is 7.19. The van der Waals surface area contributed by atoms with Gasteiger partial charge in [0.05, 0.1) is 22.8 Å². The Hall–Kier alpha value is -2.96. The van der Waals surface area contributed by atoms with E-state index in [1.54, 1.807) is 13.0 Å². The molecule has 4 aromatic rings. The van der Waals surface area contributed by atoms with E-state index < -0.39 is 5.97 Å². The van der Waals surface area contributed by atoms with Crippen molar-refractivity contribution in [2.75, 3.05) is 6.61 Å². The average molecular weight is 438 g/mol. The molecule has 0 fully saturated rings. The summed E-state index contributed by atoms with van der Waals surface area (Å²) in [5, 5.41) is 5.43. The van der Waals surface area contributed by atoms with Gasteiger partial charge in [-0.25, -0.2) is 14.5 Å². The highest BCUT2D eigenvalue weighted by Crippen LogP contribution is 2.41. The van der Waals surface area contributed by atoms with Crippen molar-refractivity contribution >= 4 is 46.0 Å². The summed E-state index contributed by atoms with van der Waals surface area (Å²) < 4.78 is 7.66. The number of aryl methyl sites for hydroxylation is 1. The van der Waals surface area contributed by atoms with E-state index in [-0.39, 0.29) is 0 Å². The number of halogens is 1. The van der Waals surface area contributed by atoms with E-state index in [2.05, 4.69) is 5.10 Å². The first-order chi connectivity index (χ1) is 14.6. The average Bonchev–Trinajstić information content (AvgIpc) is 3.37. The molecule has 0 radical (unpaired) electrons. The fourth-order valence-corrected chi connectivity index (χ4v) is 4.48. The van der Waals surface area contributed by atoms with E-state index in [9.17, 15) is 4.79 Å². The minimum Gasteiger partial charge on any atom is -0.463 e. The van der Waals surface area contributed by atoms with Crippen molar-refractivity contribution in [3.63, 3.8) is 0 Å². The largest absolute Gasteiger partial charge is 0.463 e. The molecule has 0 saturated carbocycles. The molecule has 0 amide bonds. The standard InChI is InChI=1S/C23H20ClN3O2S/c1-3-27-23-17(14-25-27)21(18-11-12-19(24)30-18)16(10-13-20(28)29-4-2)22(26-23)15-8-6-5-7-9-15/h5-14H,3-4H2,1-2H3. The van der Waals surface area contributed by atoms with Gasteiger partial charge in [0.15, 0.2) is 5.65 Å². The molecule has 5 nitrogen and oxygen atoms in total. The van der Waals surface area contributed by atoms with Crippen LogP contribution in [0.15, 0.2) is 54.7 Å². The second-order valence-corrected chi connectivity index (χ2v) is 8.22. The predicted octanol–water partition coefficient (Wildman–Crippen LogP) is 6.08. The second kappa shape index (κ2) is 8.81. The summed E-state index contributed by atoms with van der Waals surface area (Å²) >= 11 is 7.75. The summed E-state index contributed by atoms with van der Waals surface area (Å²) in [5.41, 5.74) is 4.31. The lowest BCUT2D eigenvalue weighted by Gasteiger charge is -2.13. The highest BCUT2D eigenvalue weighted by Gasteiger charge is 2.20. The molecule has 0 aliphatic heterocycles. The first-order valence-corrected chi connectivity index (χ1v) is 10.9. The first-order valence-electron chi connectivity index (χ1n) is 9.67. The Morgan fingerprint density at radius 2 is 2.00 bits per heavy atom. The van der Waals surface area contributed by atoms with Gasteiger partial charge in [-0.05, 0) is 32.1 Å². The molecule has 3 heterocycles. The van der Waals surface area contributed by atoms with Crippen LogP contribution < -0.4 is 0 Å². The summed E-state index contributed by atoms with van der Waals surface area (Å²) in [4.78, 5) is 18.0. The van der Waals surface area contributed by atoms with Gasteiger partial charge < -0.3 is 4.74 Å². The molecular weight excluding hydrogens is 418 g/mol. The number of thiophene rings is 1. The molecule has 30 heavy (non-hydrogen) atoms. The lowest BCUT2D eigenvalue weighted by molar-refractivity contribution is -0.137. The van der Waals surface area contributed by atoms with Gasteiger partial charge in [0, 0.05) is 39.6 Å². The Bertz CT molecular complexity index is 1230. The fraction of sp³-hybridized carbons (Fsp3) is 0.174. The number of rotatable bonds is 6. The molecule has 1 aromatic carbocycles. The van der Waals surface area contributed by atoms with Crippen molar-refractivity contribution in [2.24, 2.45) is 0 Å². The topological polar surface area (TPSA) is 57.0 Å². The van der Waals surface area contributed by atoms with Crippen molar-refractivity contribution in [3.05, 3.63) is 64.6 Å². The number of carbonyl (C=O) groups excluding carboxylic acids is 1. The number of esters is 1. The maximum absolute atomic E-state index is 12.1. The Morgan fingerprint density at radius 3 is 2.67 bits per heavy atom. The van der Waals surface area contributed by atoms with Gasteiger partial charge in [0.2, 0.25) is 0 Å². The summed E-state index contributed by atoms with van der Waals surface area (Å²) in [7, 11) is 0. The second-order valence-electron chi connectivity index (χ2n) is 6.50. The predicted molar refractivity (Wildman–Crippen MR) is 123 cm³/mol.